The Kier molecular flexibility index (Phi) is 9.03. The van der Waals surface area contributed by atoms with E-state index in [4.69, 9.17) is 0 Å². The molecule has 0 bridgehead atoms. The maximum atomic E-state index is 2.50. The molecule has 0 amide bonds. The van der Waals surface area contributed by atoms with E-state index in [0.29, 0.717) is 0 Å². The minimum atomic E-state index is -2.25. The maximum absolute atomic E-state index is 2.50. The first kappa shape index (κ1) is 28.2. The Balaban J connectivity index is 0.00000154. The Morgan fingerprint density at radius 2 is 1.26 bits per heavy atom. The third-order valence-electron chi connectivity index (χ3n) is 8.42. The van der Waals surface area contributed by atoms with Crippen molar-refractivity contribution in [3.8, 4) is 33.4 Å². The van der Waals surface area contributed by atoms with Crippen LogP contribution in [-0.4, -0.2) is 3.21 Å². The molecule has 4 aromatic rings. The Hall–Kier alpha value is -2.31. The van der Waals surface area contributed by atoms with Gasteiger partial charge in [-0.1, -0.05) is 0 Å². The van der Waals surface area contributed by atoms with Gasteiger partial charge in [0.2, 0.25) is 0 Å². The van der Waals surface area contributed by atoms with E-state index < -0.39 is 21.3 Å². The molecule has 0 heterocycles. The molecule has 194 valence electrons. The molecule has 0 aromatic heterocycles. The summed E-state index contributed by atoms with van der Waals surface area (Å²) in [5, 5.41) is 0. The quantitative estimate of drug-likeness (QED) is 0.288. The molecular formula is C36H32Cl2Zr. The molecule has 0 saturated heterocycles. The predicted molar refractivity (Wildman–Crippen MR) is 155 cm³/mol. The summed E-state index contributed by atoms with van der Waals surface area (Å²) in [6.45, 7) is 0. The van der Waals surface area contributed by atoms with Gasteiger partial charge >= 0.3 is 230 Å². The fraction of sp³-hybridized carbons (Fsp3) is 0.194. The van der Waals surface area contributed by atoms with E-state index in [9.17, 15) is 0 Å². The first-order chi connectivity index (χ1) is 18.4. The van der Waals surface area contributed by atoms with Crippen molar-refractivity contribution in [2.24, 2.45) is 0 Å². The van der Waals surface area contributed by atoms with Gasteiger partial charge in [0, 0.05) is 0 Å². The summed E-state index contributed by atoms with van der Waals surface area (Å²) in [6, 6.07) is 34.2. The summed E-state index contributed by atoms with van der Waals surface area (Å²) in [5.41, 5.74) is 11.6. The van der Waals surface area contributed by atoms with Crippen LogP contribution in [0.15, 0.2) is 113 Å². The average molecular weight is 627 g/mol. The van der Waals surface area contributed by atoms with Crippen molar-refractivity contribution in [2.75, 3.05) is 0 Å². The fourth-order valence-corrected chi connectivity index (χ4v) is 15.5. The van der Waals surface area contributed by atoms with Crippen LogP contribution in [0.5, 0.6) is 0 Å². The van der Waals surface area contributed by atoms with Gasteiger partial charge in [0.25, 0.3) is 0 Å². The zero-order valence-corrected chi connectivity index (χ0v) is 26.1. The second-order valence-corrected chi connectivity index (χ2v) is 17.0. The third kappa shape index (κ3) is 5.39. The van der Waals surface area contributed by atoms with Crippen LogP contribution < -0.4 is 28.1 Å². The first-order valence-electron chi connectivity index (χ1n) is 13.9. The van der Waals surface area contributed by atoms with Crippen LogP contribution in [0, 0.1) is 0 Å². The summed E-state index contributed by atoms with van der Waals surface area (Å²) in [7, 11) is 0. The van der Waals surface area contributed by atoms with Gasteiger partial charge in [0.15, 0.2) is 0 Å². The van der Waals surface area contributed by atoms with E-state index in [1.54, 1.807) is 12.1 Å². The van der Waals surface area contributed by atoms with Gasteiger partial charge in [-0.05, 0) is 0 Å². The molecule has 0 radical (unpaired) electrons. The minimum Gasteiger partial charge on any atom is -1.00 e. The summed E-state index contributed by atoms with van der Waals surface area (Å²) in [4.78, 5) is 0. The normalized spacial score (nSPS) is 14.8. The van der Waals surface area contributed by atoms with Gasteiger partial charge < -0.3 is 24.8 Å². The monoisotopic (exact) mass is 624 g/mol. The van der Waals surface area contributed by atoms with E-state index in [1.165, 1.54) is 77.5 Å². The summed E-state index contributed by atoms with van der Waals surface area (Å²) in [6.07, 6.45) is 16.3. The molecule has 0 atom stereocenters. The number of rotatable bonds is 4. The summed E-state index contributed by atoms with van der Waals surface area (Å²) < 4.78 is 5.51. The topological polar surface area (TPSA) is 0 Å². The Morgan fingerprint density at radius 1 is 0.590 bits per heavy atom. The molecule has 1 saturated carbocycles. The molecule has 3 aliphatic rings. The fourth-order valence-electron chi connectivity index (χ4n) is 6.66. The van der Waals surface area contributed by atoms with E-state index in [1.807, 2.05) is 3.21 Å². The first-order valence-corrected chi connectivity index (χ1v) is 17.5. The van der Waals surface area contributed by atoms with Gasteiger partial charge in [-0.25, -0.2) is 0 Å². The van der Waals surface area contributed by atoms with Gasteiger partial charge in [0.05, 0.1) is 0 Å². The second-order valence-electron chi connectivity index (χ2n) is 10.7. The number of benzene rings is 4. The molecule has 0 nitrogen and oxygen atoms in total. The number of fused-ring (bicyclic) bond motifs is 3. The molecule has 0 unspecified atom stereocenters. The molecule has 7 rings (SSSR count). The van der Waals surface area contributed by atoms with Crippen molar-refractivity contribution < 1.29 is 46.1 Å². The van der Waals surface area contributed by atoms with E-state index in [-0.39, 0.29) is 24.8 Å². The van der Waals surface area contributed by atoms with Gasteiger partial charge in [-0.15, -0.1) is 0 Å². The molecule has 1 fully saturated rings. The number of hydrogen-bond donors (Lipinski definition) is 0. The third-order valence-corrected chi connectivity index (χ3v) is 16.5. The standard InChI is InChI=1S/C25H17.C6H10.C5H5.2ClH.Zr/c1-3-7-18(8-4-1)20-11-13-24-22(15-20)17-23-16-21(12-14-25(23)24)19-9-5-2-6-10-19;1-2-4-6-5-3-1;1-2-4-5-3-1;;;/h1-15H,17H2;1-5H2;1-3H,4H2;2*1H;/q;;;;;+2/p-2. The van der Waals surface area contributed by atoms with Crippen LogP contribution in [0.25, 0.3) is 33.4 Å². The molecule has 0 spiro atoms. The number of halogens is 2. The van der Waals surface area contributed by atoms with Crippen LogP contribution in [0.3, 0.4) is 0 Å². The Labute approximate surface area is 252 Å². The van der Waals surface area contributed by atoms with Crippen LogP contribution in [-0.2, 0) is 27.7 Å². The minimum absolute atomic E-state index is 0. The van der Waals surface area contributed by atoms with E-state index >= 15 is 0 Å². The summed E-state index contributed by atoms with van der Waals surface area (Å²) in [5.74, 6) is 0. The van der Waals surface area contributed by atoms with Gasteiger partial charge in [-0.2, -0.15) is 0 Å². The van der Waals surface area contributed by atoms with Crippen LogP contribution in [0.1, 0.15) is 49.7 Å². The smallest absolute Gasteiger partial charge is 1.00 e. The molecule has 0 N–H and O–H groups in total. The Bertz CT molecular complexity index is 1570. The predicted octanol–water partition coefficient (Wildman–Crippen LogP) is 2.82. The van der Waals surface area contributed by atoms with Crippen LogP contribution >= 0.6 is 0 Å². The zero-order valence-electron chi connectivity index (χ0n) is 22.1. The molecular weight excluding hydrogens is 595 g/mol. The van der Waals surface area contributed by atoms with Gasteiger partial charge in [0.1, 0.15) is 0 Å². The molecule has 39 heavy (non-hydrogen) atoms. The zero-order chi connectivity index (χ0) is 24.6. The molecule has 0 aliphatic heterocycles. The van der Waals surface area contributed by atoms with E-state index in [2.05, 4.69) is 109 Å². The van der Waals surface area contributed by atoms with Gasteiger partial charge in [-0.3, -0.25) is 0 Å². The van der Waals surface area contributed by atoms with E-state index in [0.717, 1.165) is 6.42 Å². The maximum Gasteiger partial charge on any atom is -1.00 e. The second kappa shape index (κ2) is 12.5. The van der Waals surface area contributed by atoms with Crippen molar-refractivity contribution in [3.63, 3.8) is 0 Å². The SMILES string of the molecule is C1=CC[C]([Zr+2](=[C]2CCCCC2)[c]2c(-c3ccccc3)ccc3c2Cc2cc(-c4ccccc4)ccc2-3)=C1.[Cl-].[Cl-]. The Morgan fingerprint density at radius 3 is 1.95 bits per heavy atom. The largest absolute Gasteiger partial charge is 1.00 e. The van der Waals surface area contributed by atoms with Crippen LogP contribution in [0.4, 0.5) is 0 Å². The number of allylic oxidation sites excluding steroid dienone is 4. The van der Waals surface area contributed by atoms with Crippen molar-refractivity contribution in [3.05, 3.63) is 124 Å². The number of hydrogen-bond acceptors (Lipinski definition) is 0. The molecule has 3 heteroatoms. The van der Waals surface area contributed by atoms with Crippen molar-refractivity contribution in [1.82, 2.24) is 0 Å². The van der Waals surface area contributed by atoms with Crippen LogP contribution in [0.2, 0.25) is 0 Å². The van der Waals surface area contributed by atoms with Crippen molar-refractivity contribution in [2.45, 2.75) is 44.9 Å². The van der Waals surface area contributed by atoms with Crippen molar-refractivity contribution >= 4 is 6.48 Å². The van der Waals surface area contributed by atoms with Crippen molar-refractivity contribution in [1.29, 1.82) is 0 Å². The average Bonchev–Trinajstić information content (AvgIpc) is 3.63. The summed E-state index contributed by atoms with van der Waals surface area (Å²) >= 11 is -2.25. The molecule has 4 aromatic carbocycles. The molecule has 3 aliphatic carbocycles.